The zero-order valence-electron chi connectivity index (χ0n) is 16.4. The van der Waals surface area contributed by atoms with E-state index in [1.807, 2.05) is 12.1 Å². The highest BCUT2D eigenvalue weighted by atomic mass is 79.9. The zero-order valence-corrected chi connectivity index (χ0v) is 18.0. The molecule has 1 amide bonds. The average Bonchev–Trinajstić information content (AvgIpc) is 3.22. The van der Waals surface area contributed by atoms with Gasteiger partial charge in [0.2, 0.25) is 6.23 Å². The number of cyclic esters (lactones) is 1. The molecule has 0 N–H and O–H groups in total. The van der Waals surface area contributed by atoms with Gasteiger partial charge in [0.1, 0.15) is 11.3 Å². The van der Waals surface area contributed by atoms with Gasteiger partial charge in [-0.1, -0.05) is 28.1 Å². The van der Waals surface area contributed by atoms with Crippen molar-refractivity contribution in [2.45, 2.75) is 6.23 Å². The summed E-state index contributed by atoms with van der Waals surface area (Å²) in [6, 6.07) is 21.1. The van der Waals surface area contributed by atoms with Crippen LogP contribution >= 0.6 is 15.9 Å². The maximum absolute atomic E-state index is 13.6. The Morgan fingerprint density at radius 3 is 2.58 bits per heavy atom. The molecule has 0 spiro atoms. The number of furan rings is 1. The van der Waals surface area contributed by atoms with E-state index in [1.54, 1.807) is 67.8 Å². The monoisotopic (exact) mass is 477 g/mol. The van der Waals surface area contributed by atoms with E-state index in [4.69, 9.17) is 13.9 Å². The molecule has 0 bridgehead atoms. The zero-order chi connectivity index (χ0) is 21.5. The Morgan fingerprint density at radius 2 is 1.81 bits per heavy atom. The Hall–Kier alpha value is -3.58. The van der Waals surface area contributed by atoms with Crippen LogP contribution in [0.1, 0.15) is 32.7 Å². The maximum atomic E-state index is 13.6. The van der Waals surface area contributed by atoms with Crippen molar-refractivity contribution in [1.82, 2.24) is 0 Å². The topological polar surface area (TPSA) is 69.0 Å². The number of rotatable bonds is 3. The molecule has 154 valence electrons. The highest BCUT2D eigenvalue weighted by Gasteiger charge is 2.39. The fourth-order valence-corrected chi connectivity index (χ4v) is 4.02. The first kappa shape index (κ1) is 19.4. The Balaban J connectivity index is 1.63. The number of amides is 1. The van der Waals surface area contributed by atoms with Crippen LogP contribution in [-0.4, -0.2) is 19.0 Å². The summed E-state index contributed by atoms with van der Waals surface area (Å²) in [6.45, 7) is 0. The first-order valence-electron chi connectivity index (χ1n) is 9.52. The van der Waals surface area contributed by atoms with Crippen molar-refractivity contribution in [2.24, 2.45) is 0 Å². The van der Waals surface area contributed by atoms with Gasteiger partial charge in [0, 0.05) is 15.4 Å². The van der Waals surface area contributed by atoms with E-state index in [0.29, 0.717) is 28.1 Å². The van der Waals surface area contributed by atoms with E-state index in [-0.39, 0.29) is 5.76 Å². The number of anilines is 1. The molecule has 1 aliphatic heterocycles. The number of para-hydroxylation sites is 1. The SMILES string of the molecule is COc1ccc(C2OC(=O)c3ccccc3N2C(=O)c2cc3cc(Br)ccc3o2)cc1. The highest BCUT2D eigenvalue weighted by Crippen LogP contribution is 2.39. The van der Waals surface area contributed by atoms with Crippen molar-refractivity contribution in [3.05, 3.63) is 94.2 Å². The number of methoxy groups -OCH3 is 1. The lowest BCUT2D eigenvalue weighted by Gasteiger charge is -2.35. The predicted molar refractivity (Wildman–Crippen MR) is 118 cm³/mol. The van der Waals surface area contributed by atoms with Gasteiger partial charge in [-0.25, -0.2) is 4.79 Å². The molecular formula is C24H16BrNO5. The molecule has 0 radical (unpaired) electrons. The Morgan fingerprint density at radius 1 is 1.03 bits per heavy atom. The van der Waals surface area contributed by atoms with Gasteiger partial charge in [0.05, 0.1) is 18.4 Å². The second-order valence-corrected chi connectivity index (χ2v) is 7.93. The summed E-state index contributed by atoms with van der Waals surface area (Å²) in [5.74, 6) is -0.0894. The summed E-state index contributed by atoms with van der Waals surface area (Å²) in [6.07, 6.45) is -0.944. The average molecular weight is 478 g/mol. The van der Waals surface area contributed by atoms with Crippen LogP contribution in [0.15, 0.2) is 81.7 Å². The van der Waals surface area contributed by atoms with Gasteiger partial charge in [-0.05, 0) is 60.7 Å². The molecule has 0 aliphatic carbocycles. The fraction of sp³-hybridized carbons (Fsp3) is 0.0833. The normalized spacial score (nSPS) is 15.5. The van der Waals surface area contributed by atoms with E-state index in [1.165, 1.54) is 4.90 Å². The molecular weight excluding hydrogens is 462 g/mol. The fourth-order valence-electron chi connectivity index (χ4n) is 3.64. The van der Waals surface area contributed by atoms with Gasteiger partial charge in [-0.15, -0.1) is 0 Å². The van der Waals surface area contributed by atoms with Crippen LogP contribution < -0.4 is 9.64 Å². The maximum Gasteiger partial charge on any atom is 0.342 e. The van der Waals surface area contributed by atoms with Crippen molar-refractivity contribution in [1.29, 1.82) is 0 Å². The van der Waals surface area contributed by atoms with E-state index in [0.717, 1.165) is 9.86 Å². The summed E-state index contributed by atoms with van der Waals surface area (Å²) >= 11 is 3.43. The van der Waals surface area contributed by atoms with Gasteiger partial charge >= 0.3 is 5.97 Å². The lowest BCUT2D eigenvalue weighted by Crippen LogP contribution is -2.41. The van der Waals surface area contributed by atoms with Crippen molar-refractivity contribution in [3.63, 3.8) is 0 Å². The lowest BCUT2D eigenvalue weighted by atomic mass is 10.1. The van der Waals surface area contributed by atoms with E-state index < -0.39 is 18.1 Å². The molecule has 0 saturated carbocycles. The summed E-state index contributed by atoms with van der Waals surface area (Å²) in [7, 11) is 1.57. The number of halogens is 1. The van der Waals surface area contributed by atoms with Gasteiger partial charge < -0.3 is 13.9 Å². The number of fused-ring (bicyclic) bond motifs is 2. The highest BCUT2D eigenvalue weighted by molar-refractivity contribution is 9.10. The third kappa shape index (κ3) is 3.37. The summed E-state index contributed by atoms with van der Waals surface area (Å²) in [5.41, 5.74) is 2.01. The van der Waals surface area contributed by atoms with Crippen LogP contribution in [0.4, 0.5) is 5.69 Å². The van der Waals surface area contributed by atoms with E-state index in [9.17, 15) is 9.59 Å². The van der Waals surface area contributed by atoms with Crippen LogP contribution in [0.3, 0.4) is 0 Å². The molecule has 6 nitrogen and oxygen atoms in total. The van der Waals surface area contributed by atoms with Crippen molar-refractivity contribution in [2.75, 3.05) is 12.0 Å². The van der Waals surface area contributed by atoms with Gasteiger partial charge in [0.15, 0.2) is 5.76 Å². The molecule has 2 heterocycles. The molecule has 3 aromatic carbocycles. The summed E-state index contributed by atoms with van der Waals surface area (Å²) in [4.78, 5) is 27.7. The molecule has 5 rings (SSSR count). The Bertz CT molecular complexity index is 1310. The number of benzene rings is 3. The lowest BCUT2D eigenvalue weighted by molar-refractivity contribution is 0.0246. The van der Waals surface area contributed by atoms with Crippen molar-refractivity contribution < 1.29 is 23.5 Å². The minimum Gasteiger partial charge on any atom is -0.497 e. The van der Waals surface area contributed by atoms with Crippen LogP contribution in [-0.2, 0) is 4.74 Å². The predicted octanol–water partition coefficient (Wildman–Crippen LogP) is 5.72. The second kappa shape index (κ2) is 7.59. The molecule has 1 aliphatic rings. The largest absolute Gasteiger partial charge is 0.497 e. The molecule has 1 unspecified atom stereocenters. The minimum atomic E-state index is -0.944. The van der Waals surface area contributed by atoms with Crippen molar-refractivity contribution in [3.8, 4) is 5.75 Å². The molecule has 7 heteroatoms. The Kier molecular flexibility index (Phi) is 4.75. The van der Waals surface area contributed by atoms with Gasteiger partial charge in [-0.3, -0.25) is 9.69 Å². The first-order valence-corrected chi connectivity index (χ1v) is 10.3. The molecule has 0 fully saturated rings. The number of esters is 1. The van der Waals surface area contributed by atoms with Crippen LogP contribution in [0.25, 0.3) is 11.0 Å². The van der Waals surface area contributed by atoms with Crippen LogP contribution in [0.2, 0.25) is 0 Å². The number of nitrogens with zero attached hydrogens (tertiary/aromatic N) is 1. The van der Waals surface area contributed by atoms with Crippen LogP contribution in [0, 0.1) is 0 Å². The molecule has 31 heavy (non-hydrogen) atoms. The number of carbonyl (C=O) groups excluding carboxylic acids is 2. The summed E-state index contributed by atoms with van der Waals surface area (Å²) < 4.78 is 17.6. The van der Waals surface area contributed by atoms with Crippen LogP contribution in [0.5, 0.6) is 5.75 Å². The number of hydrogen-bond acceptors (Lipinski definition) is 5. The summed E-state index contributed by atoms with van der Waals surface area (Å²) in [5, 5.41) is 0.793. The van der Waals surface area contributed by atoms with E-state index >= 15 is 0 Å². The van der Waals surface area contributed by atoms with Gasteiger partial charge in [-0.2, -0.15) is 0 Å². The molecule has 1 aromatic heterocycles. The Labute approximate surface area is 186 Å². The molecule has 1 atom stereocenters. The van der Waals surface area contributed by atoms with Crippen molar-refractivity contribution >= 4 is 44.5 Å². The minimum absolute atomic E-state index is 0.152. The first-order chi connectivity index (χ1) is 15.0. The quantitative estimate of drug-likeness (QED) is 0.353. The van der Waals surface area contributed by atoms with Gasteiger partial charge in [0.25, 0.3) is 5.91 Å². The molecule has 0 saturated heterocycles. The molecule has 4 aromatic rings. The smallest absolute Gasteiger partial charge is 0.342 e. The third-order valence-corrected chi connectivity index (χ3v) is 5.64. The van der Waals surface area contributed by atoms with E-state index in [2.05, 4.69) is 15.9 Å². The number of ether oxygens (including phenoxy) is 2. The number of carbonyl (C=O) groups is 2. The standard InChI is InChI=1S/C24H16BrNO5/c1-29-17-9-6-14(7-10-17)23-26(19-5-3-2-4-18(19)24(28)31-23)22(27)21-13-15-12-16(25)8-11-20(15)30-21/h2-13,23H,1H3. The third-order valence-electron chi connectivity index (χ3n) is 5.15. The second-order valence-electron chi connectivity index (χ2n) is 7.02. The number of hydrogen-bond donors (Lipinski definition) is 0.